The first-order chi connectivity index (χ1) is 8.72. The molecular formula is C15H23N3. The fourth-order valence-corrected chi connectivity index (χ4v) is 2.44. The first kappa shape index (κ1) is 12.9. The van der Waals surface area contributed by atoms with E-state index in [0.717, 1.165) is 6.54 Å². The number of rotatable bonds is 5. The van der Waals surface area contributed by atoms with Crippen LogP contribution in [0.25, 0.3) is 0 Å². The number of benzene rings is 1. The van der Waals surface area contributed by atoms with Gasteiger partial charge in [-0.25, -0.2) is 0 Å². The molecule has 1 heterocycles. The summed E-state index contributed by atoms with van der Waals surface area (Å²) in [6.07, 6.45) is 4.98. The van der Waals surface area contributed by atoms with Gasteiger partial charge in [-0.05, 0) is 25.5 Å². The van der Waals surface area contributed by atoms with Crippen molar-refractivity contribution < 1.29 is 0 Å². The van der Waals surface area contributed by atoms with Crippen molar-refractivity contribution in [3.8, 4) is 0 Å². The SMILES string of the molecule is CCCCCC1CN=C(N)N1c1ccc(C)cc1. The van der Waals surface area contributed by atoms with Gasteiger partial charge in [0.1, 0.15) is 0 Å². The number of aliphatic imine (C=N–C) groups is 1. The van der Waals surface area contributed by atoms with Crippen molar-refractivity contribution in [1.29, 1.82) is 0 Å². The van der Waals surface area contributed by atoms with E-state index in [2.05, 4.69) is 48.0 Å². The molecule has 0 saturated carbocycles. The van der Waals surface area contributed by atoms with Gasteiger partial charge in [0.15, 0.2) is 5.96 Å². The second-order valence-corrected chi connectivity index (χ2v) is 5.05. The normalized spacial score (nSPS) is 19.1. The molecular weight excluding hydrogens is 222 g/mol. The quantitative estimate of drug-likeness (QED) is 0.810. The third-order valence-corrected chi connectivity index (χ3v) is 3.53. The Morgan fingerprint density at radius 3 is 2.67 bits per heavy atom. The molecule has 2 N–H and O–H groups in total. The highest BCUT2D eigenvalue weighted by molar-refractivity contribution is 5.97. The average Bonchev–Trinajstić information content (AvgIpc) is 2.72. The Morgan fingerprint density at radius 1 is 1.28 bits per heavy atom. The Kier molecular flexibility index (Phi) is 4.24. The van der Waals surface area contributed by atoms with E-state index < -0.39 is 0 Å². The van der Waals surface area contributed by atoms with Crippen LogP contribution in [-0.4, -0.2) is 18.5 Å². The molecule has 1 aromatic carbocycles. The van der Waals surface area contributed by atoms with Crippen molar-refractivity contribution in [3.63, 3.8) is 0 Å². The minimum atomic E-state index is 0.444. The van der Waals surface area contributed by atoms with Gasteiger partial charge in [-0.2, -0.15) is 0 Å². The summed E-state index contributed by atoms with van der Waals surface area (Å²) in [6.45, 7) is 5.17. The van der Waals surface area contributed by atoms with Gasteiger partial charge in [0.05, 0.1) is 12.6 Å². The molecule has 0 aromatic heterocycles. The molecule has 1 aromatic rings. The van der Waals surface area contributed by atoms with Crippen LogP contribution in [0, 0.1) is 6.92 Å². The zero-order valence-electron chi connectivity index (χ0n) is 11.4. The zero-order valence-corrected chi connectivity index (χ0v) is 11.4. The highest BCUT2D eigenvalue weighted by Gasteiger charge is 2.26. The Balaban J connectivity index is 2.07. The molecule has 1 unspecified atom stereocenters. The van der Waals surface area contributed by atoms with Crippen molar-refractivity contribution >= 4 is 11.6 Å². The van der Waals surface area contributed by atoms with E-state index in [0.29, 0.717) is 12.0 Å². The molecule has 0 fully saturated rings. The molecule has 0 spiro atoms. The molecule has 18 heavy (non-hydrogen) atoms. The van der Waals surface area contributed by atoms with E-state index in [-0.39, 0.29) is 0 Å². The molecule has 3 nitrogen and oxygen atoms in total. The van der Waals surface area contributed by atoms with Crippen LogP contribution < -0.4 is 10.6 Å². The summed E-state index contributed by atoms with van der Waals surface area (Å²) < 4.78 is 0. The van der Waals surface area contributed by atoms with Gasteiger partial charge in [-0.3, -0.25) is 4.99 Å². The van der Waals surface area contributed by atoms with Crippen molar-refractivity contribution in [1.82, 2.24) is 0 Å². The highest BCUT2D eigenvalue weighted by atomic mass is 15.3. The Morgan fingerprint density at radius 2 is 2.00 bits per heavy atom. The Bertz CT molecular complexity index is 408. The number of hydrogen-bond acceptors (Lipinski definition) is 3. The summed E-state index contributed by atoms with van der Waals surface area (Å²) in [4.78, 5) is 6.59. The van der Waals surface area contributed by atoms with Gasteiger partial charge >= 0.3 is 0 Å². The van der Waals surface area contributed by atoms with Crippen LogP contribution in [0.3, 0.4) is 0 Å². The average molecular weight is 245 g/mol. The maximum Gasteiger partial charge on any atom is 0.196 e. The number of unbranched alkanes of at least 4 members (excludes halogenated alkanes) is 2. The largest absolute Gasteiger partial charge is 0.370 e. The molecule has 0 aliphatic carbocycles. The molecule has 0 radical (unpaired) electrons. The van der Waals surface area contributed by atoms with E-state index in [1.807, 2.05) is 0 Å². The fourth-order valence-electron chi connectivity index (χ4n) is 2.44. The monoisotopic (exact) mass is 245 g/mol. The lowest BCUT2D eigenvalue weighted by atomic mass is 10.1. The summed E-state index contributed by atoms with van der Waals surface area (Å²) in [5.74, 6) is 0.667. The maximum atomic E-state index is 6.02. The lowest BCUT2D eigenvalue weighted by molar-refractivity contribution is 0.580. The summed E-state index contributed by atoms with van der Waals surface area (Å²) in [6, 6.07) is 8.97. The van der Waals surface area contributed by atoms with E-state index in [1.54, 1.807) is 0 Å². The molecule has 2 rings (SSSR count). The second-order valence-electron chi connectivity index (χ2n) is 5.05. The minimum absolute atomic E-state index is 0.444. The standard InChI is InChI=1S/C15H23N3/c1-3-4-5-6-14-11-17-15(16)18(14)13-9-7-12(2)8-10-13/h7-10,14H,3-6,11H2,1-2H3,(H2,16,17). The summed E-state index contributed by atoms with van der Waals surface area (Å²) in [5, 5.41) is 0. The second kappa shape index (κ2) is 5.89. The van der Waals surface area contributed by atoms with Crippen molar-refractivity contribution in [2.24, 2.45) is 10.7 Å². The lowest BCUT2D eigenvalue weighted by Gasteiger charge is -2.26. The fraction of sp³-hybridized carbons (Fsp3) is 0.533. The predicted molar refractivity (Wildman–Crippen MR) is 78.1 cm³/mol. The van der Waals surface area contributed by atoms with Gasteiger partial charge in [0.2, 0.25) is 0 Å². The van der Waals surface area contributed by atoms with Crippen molar-refractivity contribution in [2.75, 3.05) is 11.4 Å². The van der Waals surface area contributed by atoms with Gasteiger partial charge in [-0.1, -0.05) is 43.9 Å². The number of nitrogens with zero attached hydrogens (tertiary/aromatic N) is 2. The van der Waals surface area contributed by atoms with E-state index in [9.17, 15) is 0 Å². The van der Waals surface area contributed by atoms with Crippen LogP contribution in [0.2, 0.25) is 0 Å². The van der Waals surface area contributed by atoms with E-state index in [1.165, 1.54) is 36.9 Å². The van der Waals surface area contributed by atoms with Crippen LogP contribution in [-0.2, 0) is 0 Å². The molecule has 0 saturated heterocycles. The minimum Gasteiger partial charge on any atom is -0.370 e. The zero-order chi connectivity index (χ0) is 13.0. The predicted octanol–water partition coefficient (Wildman–Crippen LogP) is 3.08. The summed E-state index contributed by atoms with van der Waals surface area (Å²) >= 11 is 0. The number of guanidine groups is 1. The molecule has 1 aliphatic heterocycles. The summed E-state index contributed by atoms with van der Waals surface area (Å²) in [5.41, 5.74) is 8.46. The molecule has 3 heteroatoms. The van der Waals surface area contributed by atoms with Crippen LogP contribution in [0.5, 0.6) is 0 Å². The van der Waals surface area contributed by atoms with E-state index >= 15 is 0 Å². The number of hydrogen-bond donors (Lipinski definition) is 1. The third kappa shape index (κ3) is 2.84. The molecule has 1 atom stereocenters. The molecule has 1 aliphatic rings. The topological polar surface area (TPSA) is 41.6 Å². The van der Waals surface area contributed by atoms with Gasteiger partial charge in [-0.15, -0.1) is 0 Å². The number of anilines is 1. The smallest absolute Gasteiger partial charge is 0.196 e. The van der Waals surface area contributed by atoms with Crippen LogP contribution in [0.15, 0.2) is 29.3 Å². The van der Waals surface area contributed by atoms with Crippen molar-refractivity contribution in [3.05, 3.63) is 29.8 Å². The molecule has 0 bridgehead atoms. The van der Waals surface area contributed by atoms with Crippen LogP contribution >= 0.6 is 0 Å². The number of nitrogens with two attached hydrogens (primary N) is 1. The Labute approximate surface area is 110 Å². The number of aryl methyl sites for hydroxylation is 1. The lowest BCUT2D eigenvalue weighted by Crippen LogP contribution is -2.40. The summed E-state index contributed by atoms with van der Waals surface area (Å²) in [7, 11) is 0. The van der Waals surface area contributed by atoms with Gasteiger partial charge in [0, 0.05) is 5.69 Å². The maximum absolute atomic E-state index is 6.02. The Hall–Kier alpha value is -1.51. The third-order valence-electron chi connectivity index (χ3n) is 3.53. The first-order valence-electron chi connectivity index (χ1n) is 6.88. The van der Waals surface area contributed by atoms with E-state index in [4.69, 9.17) is 5.73 Å². The highest BCUT2D eigenvalue weighted by Crippen LogP contribution is 2.24. The molecule has 0 amide bonds. The van der Waals surface area contributed by atoms with Gasteiger partial charge in [0.25, 0.3) is 0 Å². The molecule has 98 valence electrons. The van der Waals surface area contributed by atoms with Crippen molar-refractivity contribution in [2.45, 2.75) is 45.6 Å². The van der Waals surface area contributed by atoms with Crippen LogP contribution in [0.4, 0.5) is 5.69 Å². The van der Waals surface area contributed by atoms with Gasteiger partial charge < -0.3 is 10.6 Å². The first-order valence-corrected chi connectivity index (χ1v) is 6.88. The van der Waals surface area contributed by atoms with Crippen LogP contribution in [0.1, 0.15) is 38.2 Å².